The molecular formula is C17H20N2O4. The number of rotatable bonds is 2. The van der Waals surface area contributed by atoms with E-state index in [1.807, 2.05) is 18.2 Å². The van der Waals surface area contributed by atoms with E-state index < -0.39 is 0 Å². The van der Waals surface area contributed by atoms with Crippen molar-refractivity contribution in [2.45, 2.75) is 19.8 Å². The monoisotopic (exact) mass is 316 g/mol. The average Bonchev–Trinajstić information content (AvgIpc) is 2.79. The van der Waals surface area contributed by atoms with E-state index in [0.29, 0.717) is 43.7 Å². The van der Waals surface area contributed by atoms with Crippen LogP contribution < -0.4 is 9.47 Å². The summed E-state index contributed by atoms with van der Waals surface area (Å²) in [4.78, 5) is 13.6. The van der Waals surface area contributed by atoms with E-state index in [1.54, 1.807) is 25.0 Å². The van der Waals surface area contributed by atoms with Crippen molar-refractivity contribution in [2.75, 3.05) is 26.8 Å². The second-order valence-electron chi connectivity index (χ2n) is 5.46. The maximum atomic E-state index is 12.7. The highest BCUT2D eigenvalue weighted by molar-refractivity contribution is 5.84. The van der Waals surface area contributed by atoms with Gasteiger partial charge in [0.05, 0.1) is 31.1 Å². The zero-order valence-electron chi connectivity index (χ0n) is 13.4. The molecule has 23 heavy (non-hydrogen) atoms. The highest BCUT2D eigenvalue weighted by Gasteiger charge is 2.29. The number of carbonyl (C=O) groups excluding carboxylic acids is 1. The third kappa shape index (κ3) is 2.65. The summed E-state index contributed by atoms with van der Waals surface area (Å²) in [6.45, 7) is 3.11. The summed E-state index contributed by atoms with van der Waals surface area (Å²) in [7, 11) is 1.62. The molecule has 3 rings (SSSR count). The van der Waals surface area contributed by atoms with E-state index in [1.165, 1.54) is 0 Å². The van der Waals surface area contributed by atoms with Gasteiger partial charge in [0.1, 0.15) is 5.75 Å². The molecule has 0 atom stereocenters. The lowest BCUT2D eigenvalue weighted by Gasteiger charge is -2.18. The van der Waals surface area contributed by atoms with Gasteiger partial charge in [0.2, 0.25) is 11.2 Å². The fourth-order valence-corrected chi connectivity index (χ4v) is 3.14. The fourth-order valence-electron chi connectivity index (χ4n) is 3.14. The zero-order chi connectivity index (χ0) is 16.4. The first-order chi connectivity index (χ1) is 11.2. The molecule has 2 heterocycles. The number of hydrogen-bond acceptors (Lipinski definition) is 4. The van der Waals surface area contributed by atoms with Gasteiger partial charge in [-0.1, -0.05) is 12.1 Å². The van der Waals surface area contributed by atoms with Gasteiger partial charge in [0.15, 0.2) is 0 Å². The van der Waals surface area contributed by atoms with Crippen LogP contribution in [0.25, 0.3) is 10.9 Å². The van der Waals surface area contributed by atoms with Gasteiger partial charge >= 0.3 is 6.09 Å². The Bertz CT molecular complexity index is 745. The second kappa shape index (κ2) is 6.32. The van der Waals surface area contributed by atoms with Gasteiger partial charge in [0.25, 0.3) is 0 Å². The van der Waals surface area contributed by atoms with Crippen molar-refractivity contribution in [3.63, 3.8) is 0 Å². The highest BCUT2D eigenvalue weighted by Crippen LogP contribution is 2.31. The van der Waals surface area contributed by atoms with Crippen LogP contribution in [-0.4, -0.2) is 37.8 Å². The molecule has 122 valence electrons. The van der Waals surface area contributed by atoms with E-state index in [-0.39, 0.29) is 6.09 Å². The van der Waals surface area contributed by atoms with Crippen molar-refractivity contribution in [3.05, 3.63) is 40.7 Å². The Morgan fingerprint density at radius 2 is 2.04 bits per heavy atom. The molecule has 0 bridgehead atoms. The van der Waals surface area contributed by atoms with Crippen molar-refractivity contribution in [1.29, 1.82) is 0 Å². The highest BCUT2D eigenvalue weighted by atomic mass is 16.6. The van der Waals surface area contributed by atoms with Crippen molar-refractivity contribution >= 4 is 17.0 Å². The number of pyridine rings is 1. The maximum Gasteiger partial charge on any atom is 0.409 e. The van der Waals surface area contributed by atoms with Crippen molar-refractivity contribution in [1.82, 2.24) is 4.90 Å². The predicted octanol–water partition coefficient (Wildman–Crippen LogP) is 2.04. The normalized spacial score (nSPS) is 14.3. The number of methoxy groups -OCH3 is 1. The molecule has 1 amide bonds. The third-order valence-corrected chi connectivity index (χ3v) is 4.22. The number of amides is 1. The lowest BCUT2D eigenvalue weighted by molar-refractivity contribution is -0.586. The van der Waals surface area contributed by atoms with Crippen LogP contribution in [0.15, 0.2) is 24.3 Å². The van der Waals surface area contributed by atoms with Gasteiger partial charge in [-0.15, -0.1) is 0 Å². The first-order valence-corrected chi connectivity index (χ1v) is 7.79. The number of aromatic nitrogens is 1. The van der Waals surface area contributed by atoms with Gasteiger partial charge < -0.3 is 19.6 Å². The molecule has 2 aromatic rings. The quantitative estimate of drug-likeness (QED) is 0.628. The summed E-state index contributed by atoms with van der Waals surface area (Å²) in [6.07, 6.45) is 0.727. The Morgan fingerprint density at radius 1 is 1.30 bits per heavy atom. The summed E-state index contributed by atoms with van der Waals surface area (Å²) in [5.74, 6) is 0.730. The molecule has 1 aromatic heterocycles. The lowest BCUT2D eigenvalue weighted by Crippen LogP contribution is -2.36. The standard InChI is InChI=1S/C17H20N2O4/c1-3-23-17(20)18-10-8-13-15(9-11-18)19(21)14-7-5-4-6-12(14)16(13)22-2/h4-7H,3,8-11H2,1-2H3. The third-order valence-electron chi connectivity index (χ3n) is 4.22. The minimum atomic E-state index is -0.332. The topological polar surface area (TPSA) is 65.7 Å². The first-order valence-electron chi connectivity index (χ1n) is 7.79. The largest absolute Gasteiger partial charge is 0.618 e. The Morgan fingerprint density at radius 3 is 2.78 bits per heavy atom. The minimum Gasteiger partial charge on any atom is -0.618 e. The number of carbonyl (C=O) groups is 1. The van der Waals surface area contributed by atoms with Gasteiger partial charge in [0, 0.05) is 25.6 Å². The molecule has 0 radical (unpaired) electrons. The van der Waals surface area contributed by atoms with Crippen LogP contribution >= 0.6 is 0 Å². The molecule has 0 aliphatic carbocycles. The number of nitrogens with zero attached hydrogens (tertiary/aromatic N) is 2. The number of para-hydroxylation sites is 1. The Balaban J connectivity index is 2.05. The van der Waals surface area contributed by atoms with E-state index in [0.717, 1.165) is 21.4 Å². The molecule has 6 heteroatoms. The van der Waals surface area contributed by atoms with E-state index in [2.05, 4.69) is 0 Å². The summed E-state index contributed by atoms with van der Waals surface area (Å²) in [5, 5.41) is 13.5. The number of benzene rings is 1. The second-order valence-corrected chi connectivity index (χ2v) is 5.46. The Hall–Kier alpha value is -2.50. The first kappa shape index (κ1) is 15.4. The van der Waals surface area contributed by atoms with Gasteiger partial charge in [-0.2, -0.15) is 4.73 Å². The van der Waals surface area contributed by atoms with Gasteiger partial charge in [-0.25, -0.2) is 4.79 Å². The summed E-state index contributed by atoms with van der Waals surface area (Å²) >= 11 is 0. The minimum absolute atomic E-state index is 0.332. The van der Waals surface area contributed by atoms with E-state index in [9.17, 15) is 10.0 Å². The van der Waals surface area contributed by atoms with Crippen LogP contribution in [0.1, 0.15) is 18.2 Å². The lowest BCUT2D eigenvalue weighted by atomic mass is 10.0. The van der Waals surface area contributed by atoms with E-state index >= 15 is 0 Å². The molecular weight excluding hydrogens is 296 g/mol. The van der Waals surface area contributed by atoms with Crippen molar-refractivity contribution < 1.29 is 19.0 Å². The fraction of sp³-hybridized carbons (Fsp3) is 0.412. The molecule has 1 aliphatic heterocycles. The molecule has 0 N–H and O–H groups in total. The van der Waals surface area contributed by atoms with Crippen LogP contribution in [0, 0.1) is 5.21 Å². The predicted molar refractivity (Wildman–Crippen MR) is 85.5 cm³/mol. The van der Waals surface area contributed by atoms with Gasteiger partial charge in [-0.3, -0.25) is 0 Å². The van der Waals surface area contributed by atoms with Crippen LogP contribution in [-0.2, 0) is 17.6 Å². The molecule has 1 aliphatic rings. The molecule has 0 fully saturated rings. The smallest absolute Gasteiger partial charge is 0.409 e. The average molecular weight is 316 g/mol. The maximum absolute atomic E-state index is 12.7. The zero-order valence-corrected chi connectivity index (χ0v) is 13.4. The number of ether oxygens (including phenoxy) is 2. The molecule has 0 unspecified atom stereocenters. The molecule has 1 aromatic carbocycles. The summed E-state index contributed by atoms with van der Waals surface area (Å²) in [6, 6.07) is 7.40. The van der Waals surface area contributed by atoms with Crippen LogP contribution in [0.5, 0.6) is 5.75 Å². The van der Waals surface area contributed by atoms with E-state index in [4.69, 9.17) is 9.47 Å². The summed E-state index contributed by atoms with van der Waals surface area (Å²) < 4.78 is 11.6. The number of fused-ring (bicyclic) bond motifs is 2. The van der Waals surface area contributed by atoms with Crippen molar-refractivity contribution in [2.24, 2.45) is 0 Å². The molecule has 0 saturated carbocycles. The molecule has 6 nitrogen and oxygen atoms in total. The van der Waals surface area contributed by atoms with Crippen LogP contribution in [0.3, 0.4) is 0 Å². The Kier molecular flexibility index (Phi) is 4.23. The summed E-state index contributed by atoms with van der Waals surface area (Å²) in [5.41, 5.74) is 2.15. The van der Waals surface area contributed by atoms with Crippen LogP contribution in [0.2, 0.25) is 0 Å². The van der Waals surface area contributed by atoms with Crippen molar-refractivity contribution in [3.8, 4) is 5.75 Å². The number of hydrogen-bond donors (Lipinski definition) is 0. The van der Waals surface area contributed by atoms with Gasteiger partial charge in [-0.05, 0) is 13.0 Å². The molecule has 0 spiro atoms. The SMILES string of the molecule is CCOC(=O)N1CCc2c(OC)c3ccccc3[n+]([O-])c2CC1. The Labute approximate surface area is 134 Å². The molecule has 0 saturated heterocycles. The van der Waals surface area contributed by atoms with Crippen LogP contribution in [0.4, 0.5) is 4.79 Å².